The number of ether oxygens (including phenoxy) is 1. The van der Waals surface area contributed by atoms with Gasteiger partial charge >= 0.3 is 5.69 Å². The monoisotopic (exact) mass is 1050 g/mol. The largest absolute Gasteiger partial charge is 0.494 e. The summed E-state index contributed by atoms with van der Waals surface area (Å²) in [6.07, 6.45) is 10.9. The number of imide groups is 1. The Kier molecular flexibility index (Phi) is 13.2. The minimum absolute atomic E-state index is 0.0958. The molecule has 4 saturated heterocycles. The third-order valence-electron chi connectivity index (χ3n) is 15.4. The first-order valence-corrected chi connectivity index (χ1v) is 28.0. The third kappa shape index (κ3) is 9.29. The molecule has 4 aliphatic rings. The molecule has 10 rings (SSSR count). The van der Waals surface area contributed by atoms with Crippen molar-refractivity contribution in [3.8, 4) is 5.75 Å². The van der Waals surface area contributed by atoms with E-state index >= 15 is 4.39 Å². The quantitative estimate of drug-likeness (QED) is 0.0840. The number of hydrogen-bond acceptors (Lipinski definition) is 14. The second-order valence-electron chi connectivity index (χ2n) is 20.0. The summed E-state index contributed by atoms with van der Waals surface area (Å²) in [6, 6.07) is 10.7. The van der Waals surface area contributed by atoms with Crippen molar-refractivity contribution in [2.45, 2.75) is 83.7 Å². The highest BCUT2D eigenvalue weighted by Crippen LogP contribution is 2.46. The van der Waals surface area contributed by atoms with Crippen molar-refractivity contribution < 1.29 is 23.3 Å². The van der Waals surface area contributed by atoms with E-state index in [0.717, 1.165) is 117 Å². The Morgan fingerprint density at radius 3 is 2.28 bits per heavy atom. The van der Waals surface area contributed by atoms with Gasteiger partial charge in [0.2, 0.25) is 17.8 Å². The van der Waals surface area contributed by atoms with Crippen LogP contribution >= 0.6 is 23.1 Å². The van der Waals surface area contributed by atoms with Crippen LogP contribution in [0.5, 0.6) is 5.75 Å². The van der Waals surface area contributed by atoms with Crippen molar-refractivity contribution >= 4 is 96.6 Å². The van der Waals surface area contributed by atoms with E-state index in [1.54, 1.807) is 45.9 Å². The summed E-state index contributed by atoms with van der Waals surface area (Å²) in [6.45, 7) is 13.2. The molecule has 0 aliphatic carbocycles. The number of amides is 2. The molecule has 20 heteroatoms. The molecule has 3 aromatic carbocycles. The molecule has 3 N–H and O–H groups in total. The van der Waals surface area contributed by atoms with Crippen LogP contribution in [0, 0.1) is 18.2 Å². The number of aryl methyl sites for hydroxylation is 3. The van der Waals surface area contributed by atoms with Crippen LogP contribution in [0.25, 0.3) is 21.9 Å². The fraction of sp³-hybridized carbons (Fsp3) is 0.471. The maximum atomic E-state index is 15.6. The van der Waals surface area contributed by atoms with E-state index < -0.39 is 30.6 Å². The van der Waals surface area contributed by atoms with E-state index in [1.807, 2.05) is 19.1 Å². The lowest BCUT2D eigenvalue weighted by Gasteiger charge is -2.50. The normalized spacial score (nSPS) is 19.2. The summed E-state index contributed by atoms with van der Waals surface area (Å²) in [5.41, 5.74) is 5.65. The molecule has 7 heterocycles. The van der Waals surface area contributed by atoms with E-state index in [2.05, 4.69) is 80.6 Å². The molecule has 71 heavy (non-hydrogen) atoms. The SMILES string of the molecule is CCc1ncc2c(P(C)(C)=O)c(Nc3nc(Nc4cc(C)c(N5CCC6(CC5)CCN(C5CCN(c7ccc(F)c8c7n(C)c(=O)n8C7CCC(=O)NC7=O)CC5)CC6)cc4OC)ncc3Br)ccc2n1. The van der Waals surface area contributed by atoms with Gasteiger partial charge in [0, 0.05) is 86.9 Å². The molecule has 17 nitrogen and oxygen atoms in total. The van der Waals surface area contributed by atoms with Crippen molar-refractivity contribution in [2.24, 2.45) is 12.5 Å². The fourth-order valence-corrected chi connectivity index (χ4v) is 13.3. The van der Waals surface area contributed by atoms with Crippen molar-refractivity contribution in [3.63, 3.8) is 0 Å². The number of aromatic nitrogens is 6. The molecule has 0 radical (unpaired) electrons. The molecule has 4 aliphatic heterocycles. The fourth-order valence-electron chi connectivity index (χ4n) is 11.5. The lowest BCUT2D eigenvalue weighted by molar-refractivity contribution is -0.135. The number of carbonyl (C=O) groups is 2. The molecule has 0 saturated carbocycles. The van der Waals surface area contributed by atoms with Crippen LogP contribution in [-0.4, -0.2) is 112 Å². The zero-order valence-corrected chi connectivity index (χ0v) is 43.6. The summed E-state index contributed by atoms with van der Waals surface area (Å²) < 4.78 is 38.6. The first-order chi connectivity index (χ1) is 34.0. The number of imidazole rings is 1. The Bertz CT molecular complexity index is 3190. The predicted molar refractivity (Wildman–Crippen MR) is 281 cm³/mol. The van der Waals surface area contributed by atoms with Crippen LogP contribution in [0.15, 0.2) is 58.1 Å². The first kappa shape index (κ1) is 48.7. The summed E-state index contributed by atoms with van der Waals surface area (Å²) in [7, 11) is 0.514. The van der Waals surface area contributed by atoms with Crippen molar-refractivity contribution in [1.82, 2.24) is 39.3 Å². The van der Waals surface area contributed by atoms with Gasteiger partial charge in [-0.25, -0.2) is 24.1 Å². The van der Waals surface area contributed by atoms with Gasteiger partial charge in [-0.05, 0) is 136 Å². The molecule has 6 aromatic rings. The molecular weight excluding hydrogens is 991 g/mol. The van der Waals surface area contributed by atoms with Crippen LogP contribution in [-0.2, 0) is 27.6 Å². The smallest absolute Gasteiger partial charge is 0.329 e. The number of nitrogens with zero attached hydrogens (tertiary/aromatic N) is 9. The Balaban J connectivity index is 0.761. The van der Waals surface area contributed by atoms with Crippen LogP contribution < -0.4 is 41.5 Å². The number of rotatable bonds is 11. The maximum Gasteiger partial charge on any atom is 0.329 e. The summed E-state index contributed by atoms with van der Waals surface area (Å²) in [4.78, 5) is 64.2. The first-order valence-electron chi connectivity index (χ1n) is 24.6. The van der Waals surface area contributed by atoms with Gasteiger partial charge in [0.1, 0.15) is 41.9 Å². The number of nitrogens with one attached hydrogen (secondary N) is 3. The molecule has 4 fully saturated rings. The van der Waals surface area contributed by atoms with Gasteiger partial charge < -0.3 is 34.6 Å². The number of fused-ring (bicyclic) bond motifs is 2. The number of halogens is 2. The van der Waals surface area contributed by atoms with Crippen LogP contribution in [0.4, 0.5) is 38.9 Å². The van der Waals surface area contributed by atoms with Crippen molar-refractivity contribution in [1.29, 1.82) is 0 Å². The highest BCUT2D eigenvalue weighted by Gasteiger charge is 2.40. The zero-order valence-electron chi connectivity index (χ0n) is 41.1. The number of carbonyl (C=O) groups excluding carboxylic acids is 2. The van der Waals surface area contributed by atoms with Gasteiger partial charge in [0.15, 0.2) is 0 Å². The molecule has 1 spiro atoms. The Morgan fingerprint density at radius 1 is 0.873 bits per heavy atom. The molecule has 3 aromatic heterocycles. The number of methoxy groups -OCH3 is 1. The summed E-state index contributed by atoms with van der Waals surface area (Å²) >= 11 is 3.62. The second kappa shape index (κ2) is 19.3. The van der Waals surface area contributed by atoms with E-state index in [4.69, 9.17) is 9.72 Å². The molecule has 1 unspecified atom stereocenters. The molecular formula is C51H61BrFN12O5P. The maximum absolute atomic E-state index is 15.6. The Hall–Kier alpha value is -5.91. The molecule has 2 amide bonds. The number of hydrogen-bond donors (Lipinski definition) is 3. The minimum Gasteiger partial charge on any atom is -0.494 e. The summed E-state index contributed by atoms with van der Waals surface area (Å²) in [5, 5.41) is 10.5. The Morgan fingerprint density at radius 2 is 1.59 bits per heavy atom. The van der Waals surface area contributed by atoms with E-state index in [0.29, 0.717) is 56.4 Å². The Labute approximate surface area is 420 Å². The van der Waals surface area contributed by atoms with Gasteiger partial charge in [-0.15, -0.1) is 0 Å². The van der Waals surface area contributed by atoms with Gasteiger partial charge in [0.05, 0.1) is 39.7 Å². The van der Waals surface area contributed by atoms with Gasteiger partial charge in [-0.1, -0.05) is 6.92 Å². The number of anilines is 6. The number of likely N-dealkylation sites (tertiary alicyclic amines) is 1. The van der Waals surface area contributed by atoms with E-state index in [9.17, 15) is 18.9 Å². The number of benzene rings is 3. The van der Waals surface area contributed by atoms with Crippen LogP contribution in [0.3, 0.4) is 0 Å². The average Bonchev–Trinajstić information content (AvgIpc) is 3.62. The molecule has 374 valence electrons. The number of piperidine rings is 4. The van der Waals surface area contributed by atoms with Crippen LogP contribution in [0.2, 0.25) is 0 Å². The molecule has 1 atom stereocenters. The topological polar surface area (TPSA) is 185 Å². The van der Waals surface area contributed by atoms with Gasteiger partial charge in [-0.2, -0.15) is 4.98 Å². The predicted octanol–water partition coefficient (Wildman–Crippen LogP) is 7.92. The standard InChI is InChI=1S/C51H61BrFN12O5P/c1-7-42-54-28-32-35(56-42)9-10-36(46(32)71(5,6)69)57-47-33(52)29-55-49(60-47)58-37-26-30(2)40(27-41(37)70-4)64-24-18-51(19-25-64)16-22-62(23-17-51)31-14-20-63(21-15-31)38-11-8-34(53)44-45(38)61(3)50(68)65(44)39-12-13-43(66)59-48(39)67/h8-11,26-29,31,39H,7,12-25H2,1-6H3,(H,59,66,67)(H2,55,57,58,60). The van der Waals surface area contributed by atoms with Gasteiger partial charge in [-0.3, -0.25) is 24.0 Å². The van der Waals surface area contributed by atoms with Crippen molar-refractivity contribution in [3.05, 3.63) is 81.0 Å². The highest BCUT2D eigenvalue weighted by atomic mass is 79.9. The van der Waals surface area contributed by atoms with Gasteiger partial charge in [0.25, 0.3) is 0 Å². The van der Waals surface area contributed by atoms with Crippen LogP contribution in [0.1, 0.15) is 75.7 Å². The molecule has 0 bridgehead atoms. The average molecular weight is 1050 g/mol. The van der Waals surface area contributed by atoms with Crippen molar-refractivity contribution in [2.75, 3.05) is 80.1 Å². The lowest BCUT2D eigenvalue weighted by Crippen LogP contribution is -2.52. The zero-order chi connectivity index (χ0) is 49.9. The third-order valence-corrected chi connectivity index (χ3v) is 17.6. The second-order valence-corrected chi connectivity index (χ2v) is 24.1. The lowest BCUT2D eigenvalue weighted by atomic mass is 9.70. The highest BCUT2D eigenvalue weighted by molar-refractivity contribution is 9.10. The van der Waals surface area contributed by atoms with E-state index in [1.165, 1.54) is 15.2 Å². The minimum atomic E-state index is -2.79. The summed E-state index contributed by atoms with van der Waals surface area (Å²) in [5.74, 6) is 0.776. The van der Waals surface area contributed by atoms with E-state index in [-0.39, 0.29) is 24.3 Å².